The molecule has 0 spiro atoms. The molecule has 0 aliphatic carbocycles. The Morgan fingerprint density at radius 1 is 0.812 bits per heavy atom. The fourth-order valence-corrected chi connectivity index (χ4v) is 4.08. The molecule has 2 amide bonds. The second-order valence-electron chi connectivity index (χ2n) is 8.08. The third-order valence-electron chi connectivity index (χ3n) is 5.92. The first-order valence-corrected chi connectivity index (χ1v) is 11.2. The molecule has 1 aliphatic heterocycles. The molecule has 4 rings (SSSR count). The normalized spacial score (nSPS) is 14.0. The monoisotopic (exact) mass is 432 g/mol. The first-order chi connectivity index (χ1) is 15.6. The maximum atomic E-state index is 13.4. The second kappa shape index (κ2) is 9.77. The highest BCUT2D eigenvalue weighted by Crippen LogP contribution is 2.17. The number of piperazine rings is 1. The number of nitrogens with zero attached hydrogens (tertiary/aromatic N) is 4. The number of aryl methyl sites for hydroxylation is 1. The second-order valence-corrected chi connectivity index (χ2v) is 8.08. The summed E-state index contributed by atoms with van der Waals surface area (Å²) >= 11 is 0. The molecule has 0 radical (unpaired) electrons. The Morgan fingerprint density at radius 3 is 2.06 bits per heavy atom. The molecule has 3 aromatic rings. The molecule has 0 saturated carbocycles. The summed E-state index contributed by atoms with van der Waals surface area (Å²) in [6, 6.07) is 16.3. The summed E-state index contributed by atoms with van der Waals surface area (Å²) in [6.45, 7) is 4.40. The zero-order valence-electron chi connectivity index (χ0n) is 18.4. The molecular formula is C25H28N4O3. The molecule has 1 aromatic heterocycles. The topological polar surface area (TPSA) is 75.5 Å². The molecule has 2 heterocycles. The van der Waals surface area contributed by atoms with Crippen LogP contribution in [0.4, 0.5) is 0 Å². The van der Waals surface area contributed by atoms with Crippen LogP contribution in [0, 0.1) is 0 Å². The Labute approximate surface area is 187 Å². The number of carbonyl (C=O) groups excluding carboxylic acids is 2. The van der Waals surface area contributed by atoms with Gasteiger partial charge in [0.1, 0.15) is 0 Å². The lowest BCUT2D eigenvalue weighted by Gasteiger charge is -2.34. The number of benzene rings is 2. The van der Waals surface area contributed by atoms with Crippen molar-refractivity contribution in [3.63, 3.8) is 0 Å². The number of rotatable bonds is 6. The Morgan fingerprint density at radius 2 is 1.41 bits per heavy atom. The molecule has 166 valence electrons. The van der Waals surface area contributed by atoms with Crippen LogP contribution < -0.4 is 5.56 Å². The Balaban J connectivity index is 1.54. The van der Waals surface area contributed by atoms with Crippen LogP contribution in [0.2, 0.25) is 0 Å². The van der Waals surface area contributed by atoms with E-state index in [9.17, 15) is 14.4 Å². The number of unbranched alkanes of at least 4 members (excludes halogenated alkanes) is 2. The smallest absolute Gasteiger partial charge is 0.275 e. The Hall–Kier alpha value is -3.48. The summed E-state index contributed by atoms with van der Waals surface area (Å²) in [5.74, 6) is -0.219. The molecule has 0 unspecified atom stereocenters. The summed E-state index contributed by atoms with van der Waals surface area (Å²) in [5, 5.41) is 5.58. The quantitative estimate of drug-likeness (QED) is 0.561. The lowest BCUT2D eigenvalue weighted by atomic mass is 10.1. The van der Waals surface area contributed by atoms with E-state index < -0.39 is 0 Å². The van der Waals surface area contributed by atoms with Gasteiger partial charge in [-0.25, -0.2) is 4.68 Å². The van der Waals surface area contributed by atoms with Crippen LogP contribution in [0.1, 0.15) is 47.0 Å². The third-order valence-corrected chi connectivity index (χ3v) is 5.92. The van der Waals surface area contributed by atoms with Gasteiger partial charge in [-0.15, -0.1) is 0 Å². The number of hydrogen-bond acceptors (Lipinski definition) is 4. The van der Waals surface area contributed by atoms with E-state index in [0.29, 0.717) is 54.8 Å². The van der Waals surface area contributed by atoms with Crippen LogP contribution in [0.3, 0.4) is 0 Å². The summed E-state index contributed by atoms with van der Waals surface area (Å²) in [6.07, 6.45) is 2.89. The van der Waals surface area contributed by atoms with Gasteiger partial charge in [0.15, 0.2) is 5.69 Å². The SMILES string of the molecule is CCCCCn1nc(C(=O)N2CCN(C(=O)c3ccccc3)CC2)c2ccccc2c1=O. The van der Waals surface area contributed by atoms with Crippen LogP contribution in [-0.4, -0.2) is 57.6 Å². The molecule has 32 heavy (non-hydrogen) atoms. The summed E-state index contributed by atoms with van der Waals surface area (Å²) in [4.78, 5) is 42.5. The van der Waals surface area contributed by atoms with Crippen LogP contribution in [0.15, 0.2) is 59.4 Å². The summed E-state index contributed by atoms with van der Waals surface area (Å²) in [5.41, 5.74) is 0.796. The lowest BCUT2D eigenvalue weighted by molar-refractivity contribution is 0.0532. The number of aromatic nitrogens is 2. The van der Waals surface area contributed by atoms with Crippen molar-refractivity contribution in [3.8, 4) is 0 Å². The highest BCUT2D eigenvalue weighted by Gasteiger charge is 2.28. The van der Waals surface area contributed by atoms with Crippen LogP contribution in [-0.2, 0) is 6.54 Å². The molecule has 0 N–H and O–H groups in total. The maximum Gasteiger partial charge on any atom is 0.275 e. The largest absolute Gasteiger partial charge is 0.335 e. The maximum absolute atomic E-state index is 13.4. The summed E-state index contributed by atoms with van der Waals surface area (Å²) in [7, 11) is 0. The molecule has 7 heteroatoms. The number of fused-ring (bicyclic) bond motifs is 1. The Kier molecular flexibility index (Phi) is 6.63. The van der Waals surface area contributed by atoms with E-state index in [4.69, 9.17) is 0 Å². The van der Waals surface area contributed by atoms with Gasteiger partial charge in [-0.2, -0.15) is 5.10 Å². The van der Waals surface area contributed by atoms with Crippen molar-refractivity contribution < 1.29 is 9.59 Å². The molecule has 7 nitrogen and oxygen atoms in total. The number of amides is 2. The zero-order valence-corrected chi connectivity index (χ0v) is 18.4. The van der Waals surface area contributed by atoms with E-state index in [1.165, 1.54) is 4.68 Å². The molecule has 1 fully saturated rings. The highest BCUT2D eigenvalue weighted by molar-refractivity contribution is 6.05. The van der Waals surface area contributed by atoms with Crippen molar-refractivity contribution in [1.29, 1.82) is 0 Å². The molecule has 1 aliphatic rings. The molecule has 0 bridgehead atoms. The number of carbonyl (C=O) groups is 2. The minimum atomic E-state index is -0.197. The van der Waals surface area contributed by atoms with Gasteiger partial charge in [-0.05, 0) is 24.6 Å². The lowest BCUT2D eigenvalue weighted by Crippen LogP contribution is -2.51. The van der Waals surface area contributed by atoms with Crippen molar-refractivity contribution >= 4 is 22.6 Å². The van der Waals surface area contributed by atoms with Crippen molar-refractivity contribution in [2.75, 3.05) is 26.2 Å². The van der Waals surface area contributed by atoms with Gasteiger partial charge in [0.05, 0.1) is 5.39 Å². The predicted octanol–water partition coefficient (Wildman–Crippen LogP) is 3.18. The van der Waals surface area contributed by atoms with Gasteiger partial charge in [-0.3, -0.25) is 14.4 Å². The average molecular weight is 433 g/mol. The van der Waals surface area contributed by atoms with Gasteiger partial charge in [-0.1, -0.05) is 56.2 Å². The standard InChI is InChI=1S/C25H28N4O3/c1-2-3-9-14-29-24(31)21-13-8-7-12-20(21)22(26-29)25(32)28-17-15-27(16-18-28)23(30)19-10-5-4-6-11-19/h4-8,10-13H,2-3,9,14-18H2,1H3. The van der Waals surface area contributed by atoms with Crippen LogP contribution >= 0.6 is 0 Å². The van der Waals surface area contributed by atoms with Crippen molar-refractivity contribution in [3.05, 3.63) is 76.2 Å². The van der Waals surface area contributed by atoms with Gasteiger partial charge in [0.25, 0.3) is 17.4 Å². The van der Waals surface area contributed by atoms with E-state index in [1.54, 1.807) is 34.1 Å². The van der Waals surface area contributed by atoms with E-state index >= 15 is 0 Å². The van der Waals surface area contributed by atoms with E-state index in [1.807, 2.05) is 30.3 Å². The molecular weight excluding hydrogens is 404 g/mol. The van der Waals surface area contributed by atoms with Gasteiger partial charge >= 0.3 is 0 Å². The van der Waals surface area contributed by atoms with E-state index in [2.05, 4.69) is 12.0 Å². The van der Waals surface area contributed by atoms with Crippen molar-refractivity contribution in [2.24, 2.45) is 0 Å². The molecule has 0 atom stereocenters. The van der Waals surface area contributed by atoms with Crippen molar-refractivity contribution in [2.45, 2.75) is 32.7 Å². The minimum absolute atomic E-state index is 0.0225. The average Bonchev–Trinajstić information content (AvgIpc) is 2.85. The van der Waals surface area contributed by atoms with Gasteiger partial charge in [0, 0.05) is 43.7 Å². The first-order valence-electron chi connectivity index (χ1n) is 11.2. The fraction of sp³-hybridized carbons (Fsp3) is 0.360. The summed E-state index contributed by atoms with van der Waals surface area (Å²) < 4.78 is 1.43. The fourth-order valence-electron chi connectivity index (χ4n) is 4.08. The first kappa shape index (κ1) is 21.7. The Bertz CT molecular complexity index is 1160. The highest BCUT2D eigenvalue weighted by atomic mass is 16.2. The van der Waals surface area contributed by atoms with E-state index in [0.717, 1.165) is 19.3 Å². The molecule has 1 saturated heterocycles. The molecule has 2 aromatic carbocycles. The number of hydrogen-bond donors (Lipinski definition) is 0. The van der Waals surface area contributed by atoms with Crippen molar-refractivity contribution in [1.82, 2.24) is 19.6 Å². The zero-order chi connectivity index (χ0) is 22.5. The van der Waals surface area contributed by atoms with Gasteiger partial charge < -0.3 is 9.80 Å². The van der Waals surface area contributed by atoms with Crippen LogP contribution in [0.25, 0.3) is 10.8 Å². The third kappa shape index (κ3) is 4.42. The predicted molar refractivity (Wildman–Crippen MR) is 124 cm³/mol. The van der Waals surface area contributed by atoms with E-state index in [-0.39, 0.29) is 17.4 Å². The van der Waals surface area contributed by atoms with Gasteiger partial charge in [0.2, 0.25) is 0 Å². The van der Waals surface area contributed by atoms with Crippen LogP contribution in [0.5, 0.6) is 0 Å². The minimum Gasteiger partial charge on any atom is -0.335 e.